The quantitative estimate of drug-likeness (QED) is 0.752. The minimum atomic E-state index is -1.09. The third-order valence-corrected chi connectivity index (χ3v) is 3.18. The van der Waals surface area contributed by atoms with Crippen LogP contribution < -0.4 is 5.32 Å². The summed E-state index contributed by atoms with van der Waals surface area (Å²) < 4.78 is 53.6. The number of rotatable bonds is 3. The summed E-state index contributed by atoms with van der Waals surface area (Å²) in [6.07, 6.45) is 1.26. The minimum absolute atomic E-state index is 0.0792. The van der Waals surface area contributed by atoms with Gasteiger partial charge in [-0.2, -0.15) is 0 Å². The number of nitrogens with one attached hydrogen (secondary N) is 1. The molecule has 0 radical (unpaired) electrons. The molecule has 3 rings (SSSR count). The minimum Gasteiger partial charge on any atom is -0.324 e. The van der Waals surface area contributed by atoms with Gasteiger partial charge >= 0.3 is 0 Å². The van der Waals surface area contributed by atoms with E-state index in [0.717, 1.165) is 24.3 Å². The van der Waals surface area contributed by atoms with Crippen molar-refractivity contribution in [1.29, 1.82) is 0 Å². The molecule has 1 amide bonds. The molecule has 2 aromatic carbocycles. The van der Waals surface area contributed by atoms with Crippen molar-refractivity contribution in [1.82, 2.24) is 9.55 Å². The molecule has 0 bridgehead atoms. The maximum atomic E-state index is 13.3. The van der Waals surface area contributed by atoms with Gasteiger partial charge in [0.25, 0.3) is 0 Å². The summed E-state index contributed by atoms with van der Waals surface area (Å²) in [5.74, 6) is -4.76. The SMILES string of the molecule is O=C(Cn1cnc2cc(F)c(F)cc21)Nc1ccc(F)c(F)c1. The second-order valence-electron chi connectivity index (χ2n) is 4.80. The molecule has 1 heterocycles. The molecule has 118 valence electrons. The lowest BCUT2D eigenvalue weighted by Crippen LogP contribution is -2.18. The van der Waals surface area contributed by atoms with Gasteiger partial charge < -0.3 is 9.88 Å². The molecule has 0 aliphatic carbocycles. The number of nitrogens with zero attached hydrogens (tertiary/aromatic N) is 2. The first kappa shape index (κ1) is 15.0. The lowest BCUT2D eigenvalue weighted by Gasteiger charge is -2.07. The number of carbonyl (C=O) groups is 1. The summed E-state index contributed by atoms with van der Waals surface area (Å²) in [4.78, 5) is 15.8. The van der Waals surface area contributed by atoms with Gasteiger partial charge in [-0.3, -0.25) is 4.79 Å². The number of imidazole rings is 1. The van der Waals surface area contributed by atoms with Gasteiger partial charge in [0.15, 0.2) is 23.3 Å². The molecule has 0 saturated heterocycles. The highest BCUT2D eigenvalue weighted by Crippen LogP contribution is 2.18. The number of carbonyl (C=O) groups excluding carboxylic acids is 1. The average molecular weight is 323 g/mol. The summed E-state index contributed by atoms with van der Waals surface area (Å²) in [7, 11) is 0. The molecule has 23 heavy (non-hydrogen) atoms. The Balaban J connectivity index is 1.80. The van der Waals surface area contributed by atoms with Crippen molar-refractivity contribution in [2.45, 2.75) is 6.54 Å². The van der Waals surface area contributed by atoms with Gasteiger partial charge in [0.05, 0.1) is 17.4 Å². The maximum Gasteiger partial charge on any atom is 0.244 e. The van der Waals surface area contributed by atoms with Crippen LogP contribution in [-0.4, -0.2) is 15.5 Å². The Morgan fingerprint density at radius 1 is 1.00 bits per heavy atom. The van der Waals surface area contributed by atoms with Crippen LogP contribution in [0.15, 0.2) is 36.7 Å². The number of hydrogen-bond donors (Lipinski definition) is 1. The summed E-state index contributed by atoms with van der Waals surface area (Å²) in [6.45, 7) is -0.249. The standard InChI is InChI=1S/C15H9F4N3O/c16-9-2-1-8(3-10(9)17)21-15(23)6-22-7-20-13-4-11(18)12(19)5-14(13)22/h1-5,7H,6H2,(H,21,23). The van der Waals surface area contributed by atoms with E-state index in [1.165, 1.54) is 17.0 Å². The van der Waals surface area contributed by atoms with Crippen LogP contribution in [0.5, 0.6) is 0 Å². The van der Waals surface area contributed by atoms with Crippen LogP contribution in [0.25, 0.3) is 11.0 Å². The zero-order chi connectivity index (χ0) is 16.6. The van der Waals surface area contributed by atoms with Gasteiger partial charge in [0, 0.05) is 23.9 Å². The number of aromatic nitrogens is 2. The zero-order valence-electron chi connectivity index (χ0n) is 11.5. The zero-order valence-corrected chi connectivity index (χ0v) is 11.5. The van der Waals surface area contributed by atoms with Crippen molar-refractivity contribution in [3.63, 3.8) is 0 Å². The van der Waals surface area contributed by atoms with Crippen molar-refractivity contribution in [2.24, 2.45) is 0 Å². The number of benzene rings is 2. The Morgan fingerprint density at radius 3 is 2.43 bits per heavy atom. The van der Waals surface area contributed by atoms with Gasteiger partial charge in [-0.05, 0) is 12.1 Å². The molecule has 0 atom stereocenters. The van der Waals surface area contributed by atoms with Crippen molar-refractivity contribution in [2.75, 3.05) is 5.32 Å². The first-order valence-electron chi connectivity index (χ1n) is 6.49. The van der Waals surface area contributed by atoms with E-state index in [0.29, 0.717) is 0 Å². The first-order valence-corrected chi connectivity index (χ1v) is 6.49. The molecule has 1 N–H and O–H groups in total. The highest BCUT2D eigenvalue weighted by Gasteiger charge is 2.12. The van der Waals surface area contributed by atoms with Gasteiger partial charge in [0.2, 0.25) is 5.91 Å². The molecule has 0 fully saturated rings. The van der Waals surface area contributed by atoms with Crippen LogP contribution in [0.3, 0.4) is 0 Å². The fraction of sp³-hybridized carbons (Fsp3) is 0.0667. The van der Waals surface area contributed by atoms with Gasteiger partial charge in [0.1, 0.15) is 6.54 Å². The number of fused-ring (bicyclic) bond motifs is 1. The lowest BCUT2D eigenvalue weighted by atomic mass is 10.3. The molecule has 0 saturated carbocycles. The topological polar surface area (TPSA) is 46.9 Å². The summed E-state index contributed by atoms with van der Waals surface area (Å²) in [5.41, 5.74) is 0.518. The van der Waals surface area contributed by atoms with Crippen molar-refractivity contribution in [3.05, 3.63) is 59.9 Å². The average Bonchev–Trinajstić information content (AvgIpc) is 2.86. The molecule has 4 nitrogen and oxygen atoms in total. The molecule has 0 spiro atoms. The predicted molar refractivity (Wildman–Crippen MR) is 74.6 cm³/mol. The second kappa shape index (κ2) is 5.71. The highest BCUT2D eigenvalue weighted by atomic mass is 19.2. The van der Waals surface area contributed by atoms with Crippen LogP contribution in [0, 0.1) is 23.3 Å². The Kier molecular flexibility index (Phi) is 3.73. The van der Waals surface area contributed by atoms with Crippen LogP contribution in [0.1, 0.15) is 0 Å². The molecule has 3 aromatic rings. The van der Waals surface area contributed by atoms with Crippen molar-refractivity contribution in [3.8, 4) is 0 Å². The second-order valence-corrected chi connectivity index (χ2v) is 4.80. The Bertz CT molecular complexity index is 907. The van der Waals surface area contributed by atoms with Crippen LogP contribution in [-0.2, 0) is 11.3 Å². The summed E-state index contributed by atoms with van der Waals surface area (Å²) in [5, 5.41) is 2.38. The number of hydrogen-bond acceptors (Lipinski definition) is 2. The summed E-state index contributed by atoms with van der Waals surface area (Å²) in [6, 6.07) is 4.79. The third-order valence-electron chi connectivity index (χ3n) is 3.18. The van der Waals surface area contributed by atoms with Gasteiger partial charge in [-0.25, -0.2) is 22.5 Å². The molecule has 0 unspecified atom stereocenters. The fourth-order valence-corrected chi connectivity index (χ4v) is 2.11. The Labute approximate surface area is 127 Å². The van der Waals surface area contributed by atoms with E-state index in [9.17, 15) is 22.4 Å². The van der Waals surface area contributed by atoms with E-state index in [1.54, 1.807) is 0 Å². The summed E-state index contributed by atoms with van der Waals surface area (Å²) >= 11 is 0. The molecular weight excluding hydrogens is 314 g/mol. The van der Waals surface area contributed by atoms with Crippen LogP contribution in [0.2, 0.25) is 0 Å². The van der Waals surface area contributed by atoms with E-state index in [-0.39, 0.29) is 23.3 Å². The van der Waals surface area contributed by atoms with Gasteiger partial charge in [-0.15, -0.1) is 0 Å². The van der Waals surface area contributed by atoms with E-state index >= 15 is 0 Å². The molecule has 0 aliphatic rings. The lowest BCUT2D eigenvalue weighted by molar-refractivity contribution is -0.116. The molecule has 0 aliphatic heterocycles. The van der Waals surface area contributed by atoms with E-state index in [2.05, 4.69) is 10.3 Å². The number of halogens is 4. The largest absolute Gasteiger partial charge is 0.324 e. The predicted octanol–water partition coefficient (Wildman–Crippen LogP) is 3.23. The van der Waals surface area contributed by atoms with E-state index in [4.69, 9.17) is 0 Å². The Hall–Kier alpha value is -2.90. The highest BCUT2D eigenvalue weighted by molar-refractivity contribution is 5.91. The first-order chi connectivity index (χ1) is 10.9. The van der Waals surface area contributed by atoms with E-state index in [1.807, 2.05) is 0 Å². The van der Waals surface area contributed by atoms with E-state index < -0.39 is 29.2 Å². The fourth-order valence-electron chi connectivity index (χ4n) is 2.11. The van der Waals surface area contributed by atoms with Gasteiger partial charge in [-0.1, -0.05) is 0 Å². The van der Waals surface area contributed by atoms with Crippen molar-refractivity contribution < 1.29 is 22.4 Å². The molecule has 1 aromatic heterocycles. The maximum absolute atomic E-state index is 13.3. The molecule has 8 heteroatoms. The molecular formula is C15H9F4N3O. The normalized spacial score (nSPS) is 11.0. The monoisotopic (exact) mass is 323 g/mol. The van der Waals surface area contributed by atoms with Crippen molar-refractivity contribution >= 4 is 22.6 Å². The smallest absolute Gasteiger partial charge is 0.244 e. The number of anilines is 1. The third kappa shape index (κ3) is 3.01. The van der Waals surface area contributed by atoms with Crippen LogP contribution >= 0.6 is 0 Å². The van der Waals surface area contributed by atoms with Crippen LogP contribution in [0.4, 0.5) is 23.2 Å². The Morgan fingerprint density at radius 2 is 1.70 bits per heavy atom. The number of amides is 1.